The monoisotopic (exact) mass is 299 g/mol. The van der Waals surface area contributed by atoms with E-state index in [1.807, 2.05) is 19.1 Å². The molecule has 0 radical (unpaired) electrons. The Labute approximate surface area is 126 Å². The first-order valence-electron chi connectivity index (χ1n) is 6.68. The first-order chi connectivity index (χ1) is 10.1. The van der Waals surface area contributed by atoms with Gasteiger partial charge in [-0.05, 0) is 30.3 Å². The Morgan fingerprint density at radius 2 is 2.00 bits per heavy atom. The fourth-order valence-electron chi connectivity index (χ4n) is 2.40. The van der Waals surface area contributed by atoms with Gasteiger partial charge in [0, 0.05) is 12.1 Å². The molecule has 1 aromatic heterocycles. The summed E-state index contributed by atoms with van der Waals surface area (Å²) in [6.45, 7) is 1.96. The molecule has 0 aliphatic heterocycles. The molecule has 0 bridgehead atoms. The number of hydrogen-bond acceptors (Lipinski definition) is 3. The maximum atomic E-state index is 12.8. The standard InChI is InChI=1S/C16H14ClN3O/c1-2-14-19-13-8-4-7-12(17)15(13)16(21)20(14)11-6-3-5-10(18)9-11/h3-9H,2,18H2,1H3. The fourth-order valence-corrected chi connectivity index (χ4v) is 2.65. The number of fused-ring (bicyclic) bond motifs is 1. The molecule has 0 aliphatic rings. The number of rotatable bonds is 2. The molecule has 0 saturated heterocycles. The molecule has 2 N–H and O–H groups in total. The van der Waals surface area contributed by atoms with Gasteiger partial charge in [0.1, 0.15) is 5.82 Å². The number of nitrogen functional groups attached to an aromatic ring is 1. The lowest BCUT2D eigenvalue weighted by Crippen LogP contribution is -2.24. The predicted molar refractivity (Wildman–Crippen MR) is 86.1 cm³/mol. The van der Waals surface area contributed by atoms with Crippen LogP contribution in [0.25, 0.3) is 16.6 Å². The van der Waals surface area contributed by atoms with Crippen LogP contribution in [-0.4, -0.2) is 9.55 Å². The highest BCUT2D eigenvalue weighted by Gasteiger charge is 2.13. The molecule has 21 heavy (non-hydrogen) atoms. The second-order valence-electron chi connectivity index (χ2n) is 4.75. The SMILES string of the molecule is CCc1nc2cccc(Cl)c2c(=O)n1-c1cccc(N)c1. The van der Waals surface area contributed by atoms with Crippen molar-refractivity contribution >= 4 is 28.2 Å². The Morgan fingerprint density at radius 3 is 2.71 bits per heavy atom. The average Bonchev–Trinajstić information content (AvgIpc) is 2.46. The minimum Gasteiger partial charge on any atom is -0.399 e. The van der Waals surface area contributed by atoms with E-state index in [0.717, 1.165) is 0 Å². The third kappa shape index (κ3) is 2.28. The van der Waals surface area contributed by atoms with Gasteiger partial charge in [0.15, 0.2) is 0 Å². The summed E-state index contributed by atoms with van der Waals surface area (Å²) in [7, 11) is 0. The predicted octanol–water partition coefficient (Wildman–Crippen LogP) is 3.18. The molecule has 0 atom stereocenters. The number of aryl methyl sites for hydroxylation is 1. The second-order valence-corrected chi connectivity index (χ2v) is 5.16. The molecule has 0 unspecified atom stereocenters. The van der Waals surface area contributed by atoms with Crippen molar-refractivity contribution in [2.75, 3.05) is 5.73 Å². The lowest BCUT2D eigenvalue weighted by molar-refractivity contribution is 0.833. The molecule has 0 saturated carbocycles. The highest BCUT2D eigenvalue weighted by molar-refractivity contribution is 6.35. The molecular weight excluding hydrogens is 286 g/mol. The Kier molecular flexibility index (Phi) is 3.39. The van der Waals surface area contributed by atoms with Crippen molar-refractivity contribution in [3.05, 3.63) is 63.7 Å². The summed E-state index contributed by atoms with van der Waals surface area (Å²) in [4.78, 5) is 17.4. The Hall–Kier alpha value is -2.33. The van der Waals surface area contributed by atoms with E-state index >= 15 is 0 Å². The number of nitrogens with zero attached hydrogens (tertiary/aromatic N) is 2. The lowest BCUT2D eigenvalue weighted by Gasteiger charge is -2.13. The first kappa shape index (κ1) is 13.6. The highest BCUT2D eigenvalue weighted by atomic mass is 35.5. The van der Waals surface area contributed by atoms with Gasteiger partial charge in [-0.15, -0.1) is 0 Å². The summed E-state index contributed by atoms with van der Waals surface area (Å²) in [6, 6.07) is 12.5. The number of anilines is 1. The van der Waals surface area contributed by atoms with Crippen molar-refractivity contribution in [2.24, 2.45) is 0 Å². The van der Waals surface area contributed by atoms with Crippen molar-refractivity contribution < 1.29 is 0 Å². The average molecular weight is 300 g/mol. The molecular formula is C16H14ClN3O. The minimum absolute atomic E-state index is 0.173. The zero-order valence-corrected chi connectivity index (χ0v) is 12.3. The van der Waals surface area contributed by atoms with Gasteiger partial charge in [0.2, 0.25) is 0 Å². The highest BCUT2D eigenvalue weighted by Crippen LogP contribution is 2.21. The molecule has 2 aromatic carbocycles. The van der Waals surface area contributed by atoms with Gasteiger partial charge in [-0.2, -0.15) is 0 Å². The molecule has 3 aromatic rings. The van der Waals surface area contributed by atoms with Crippen LogP contribution in [-0.2, 0) is 6.42 Å². The van der Waals surface area contributed by atoms with E-state index in [1.165, 1.54) is 0 Å². The molecule has 1 heterocycles. The van der Waals surface area contributed by atoms with Crippen LogP contribution in [0.4, 0.5) is 5.69 Å². The molecule has 5 heteroatoms. The molecule has 0 spiro atoms. The zero-order chi connectivity index (χ0) is 15.0. The fraction of sp³-hybridized carbons (Fsp3) is 0.125. The first-order valence-corrected chi connectivity index (χ1v) is 7.05. The molecule has 3 rings (SSSR count). The molecule has 0 amide bonds. The van der Waals surface area contributed by atoms with E-state index in [4.69, 9.17) is 17.3 Å². The number of hydrogen-bond donors (Lipinski definition) is 1. The Morgan fingerprint density at radius 1 is 1.24 bits per heavy atom. The third-order valence-corrected chi connectivity index (χ3v) is 3.68. The van der Waals surface area contributed by atoms with Crippen LogP contribution < -0.4 is 11.3 Å². The van der Waals surface area contributed by atoms with Crippen molar-refractivity contribution in [3.8, 4) is 5.69 Å². The maximum Gasteiger partial charge on any atom is 0.267 e. The Bertz CT molecular complexity index is 886. The van der Waals surface area contributed by atoms with Crippen LogP contribution in [0.2, 0.25) is 5.02 Å². The van der Waals surface area contributed by atoms with Crippen molar-refractivity contribution in [1.82, 2.24) is 9.55 Å². The van der Waals surface area contributed by atoms with Gasteiger partial charge < -0.3 is 5.73 Å². The maximum absolute atomic E-state index is 12.8. The smallest absolute Gasteiger partial charge is 0.267 e. The molecule has 0 aliphatic carbocycles. The van der Waals surface area contributed by atoms with E-state index in [9.17, 15) is 4.79 Å². The van der Waals surface area contributed by atoms with Gasteiger partial charge in [0.05, 0.1) is 21.6 Å². The van der Waals surface area contributed by atoms with E-state index in [1.54, 1.807) is 34.9 Å². The van der Waals surface area contributed by atoms with Gasteiger partial charge in [-0.1, -0.05) is 30.7 Å². The third-order valence-electron chi connectivity index (χ3n) is 3.36. The topological polar surface area (TPSA) is 60.9 Å². The zero-order valence-electron chi connectivity index (χ0n) is 11.5. The summed E-state index contributed by atoms with van der Waals surface area (Å²) in [5, 5.41) is 0.837. The molecule has 106 valence electrons. The van der Waals surface area contributed by atoms with Crippen LogP contribution in [0.1, 0.15) is 12.7 Å². The van der Waals surface area contributed by atoms with Gasteiger partial charge >= 0.3 is 0 Å². The van der Waals surface area contributed by atoms with E-state index in [2.05, 4.69) is 4.98 Å². The van der Waals surface area contributed by atoms with Crippen LogP contribution in [0.15, 0.2) is 47.3 Å². The van der Waals surface area contributed by atoms with Gasteiger partial charge in [0.25, 0.3) is 5.56 Å². The van der Waals surface area contributed by atoms with Gasteiger partial charge in [-0.25, -0.2) is 4.98 Å². The Balaban J connectivity index is 2.44. The van der Waals surface area contributed by atoms with Crippen molar-refractivity contribution in [1.29, 1.82) is 0 Å². The second kappa shape index (κ2) is 5.22. The van der Waals surface area contributed by atoms with Crippen molar-refractivity contribution in [3.63, 3.8) is 0 Å². The summed E-state index contributed by atoms with van der Waals surface area (Å²) >= 11 is 6.17. The normalized spacial score (nSPS) is 11.0. The van der Waals surface area contributed by atoms with Crippen LogP contribution in [0.3, 0.4) is 0 Å². The number of halogens is 1. The van der Waals surface area contributed by atoms with E-state index in [-0.39, 0.29) is 5.56 Å². The number of benzene rings is 2. The van der Waals surface area contributed by atoms with Crippen molar-refractivity contribution in [2.45, 2.75) is 13.3 Å². The van der Waals surface area contributed by atoms with Crippen LogP contribution in [0.5, 0.6) is 0 Å². The summed E-state index contributed by atoms with van der Waals surface area (Å²) in [6.07, 6.45) is 0.631. The number of nitrogens with two attached hydrogens (primary N) is 1. The van der Waals surface area contributed by atoms with E-state index in [0.29, 0.717) is 39.5 Å². The molecule has 4 nitrogen and oxygen atoms in total. The number of aromatic nitrogens is 2. The van der Waals surface area contributed by atoms with Gasteiger partial charge in [-0.3, -0.25) is 9.36 Å². The minimum atomic E-state index is -0.173. The lowest BCUT2D eigenvalue weighted by atomic mass is 10.2. The summed E-state index contributed by atoms with van der Waals surface area (Å²) < 4.78 is 1.57. The largest absolute Gasteiger partial charge is 0.399 e. The van der Waals surface area contributed by atoms with Crippen LogP contribution >= 0.6 is 11.6 Å². The quantitative estimate of drug-likeness (QED) is 0.739. The van der Waals surface area contributed by atoms with E-state index < -0.39 is 0 Å². The summed E-state index contributed by atoms with van der Waals surface area (Å²) in [5.41, 5.74) is 7.56. The molecule has 0 fully saturated rings. The summed E-state index contributed by atoms with van der Waals surface area (Å²) in [5.74, 6) is 0.681. The van der Waals surface area contributed by atoms with Crippen LogP contribution in [0, 0.1) is 0 Å².